The summed E-state index contributed by atoms with van der Waals surface area (Å²) in [6.07, 6.45) is 1.97. The number of carbonyl (C=O) groups excluding carboxylic acids is 1. The van der Waals surface area contributed by atoms with Crippen LogP contribution in [-0.2, 0) is 15.1 Å². The molecule has 0 aliphatic carbocycles. The molecule has 0 aliphatic heterocycles. The third-order valence-electron chi connectivity index (χ3n) is 2.30. The fraction of sp³-hybridized carbons (Fsp3) is 0.250. The van der Waals surface area contributed by atoms with E-state index >= 15 is 0 Å². The molecule has 0 saturated carbocycles. The normalized spacial score (nSPS) is 14.0. The summed E-state index contributed by atoms with van der Waals surface area (Å²) in [6, 6.07) is 9.15. The molecule has 0 aliphatic rings. The molecule has 0 spiro atoms. The van der Waals surface area contributed by atoms with Crippen LogP contribution in [0.15, 0.2) is 43.0 Å². The van der Waals surface area contributed by atoms with Gasteiger partial charge in [-0.2, -0.15) is 0 Å². The number of methoxy groups -OCH3 is 1. The smallest absolute Gasteiger partial charge is 0.330 e. The Morgan fingerprint density at radius 2 is 2.13 bits per heavy atom. The number of ether oxygens (including phenoxy) is 1. The fourth-order valence-electron chi connectivity index (χ4n) is 1.46. The zero-order valence-electron chi connectivity index (χ0n) is 8.77. The predicted molar refractivity (Wildman–Crippen MR) is 59.1 cm³/mol. The summed E-state index contributed by atoms with van der Waals surface area (Å²) < 4.78 is 4.71. The highest BCUT2D eigenvalue weighted by molar-refractivity contribution is 5.82. The minimum Gasteiger partial charge on any atom is -0.467 e. The first-order chi connectivity index (χ1) is 7.15. The summed E-state index contributed by atoms with van der Waals surface area (Å²) in [6.45, 7) is 3.60. The van der Waals surface area contributed by atoms with Crippen LogP contribution in [0.3, 0.4) is 0 Å². The van der Waals surface area contributed by atoms with Gasteiger partial charge in [0.25, 0.3) is 0 Å². The van der Waals surface area contributed by atoms with Crippen LogP contribution in [0, 0.1) is 0 Å². The van der Waals surface area contributed by atoms with Crippen molar-refractivity contribution >= 4 is 5.97 Å². The van der Waals surface area contributed by atoms with Crippen molar-refractivity contribution in [2.75, 3.05) is 7.11 Å². The van der Waals surface area contributed by atoms with Crippen molar-refractivity contribution in [2.45, 2.75) is 12.0 Å². The monoisotopic (exact) mass is 205 g/mol. The molecule has 15 heavy (non-hydrogen) atoms. The summed E-state index contributed by atoms with van der Waals surface area (Å²) in [5.74, 6) is -0.450. The molecule has 1 aromatic carbocycles. The van der Waals surface area contributed by atoms with Gasteiger partial charge in [0.1, 0.15) is 5.54 Å². The van der Waals surface area contributed by atoms with E-state index in [1.807, 2.05) is 18.2 Å². The largest absolute Gasteiger partial charge is 0.467 e. The SMILES string of the molecule is C=CC[C@](N)(C(=O)OC)c1ccccc1. The molecule has 0 saturated heterocycles. The van der Waals surface area contributed by atoms with E-state index in [0.717, 1.165) is 5.56 Å². The highest BCUT2D eigenvalue weighted by Gasteiger charge is 2.35. The van der Waals surface area contributed by atoms with Gasteiger partial charge in [0.15, 0.2) is 0 Å². The Kier molecular flexibility index (Phi) is 3.63. The number of nitrogens with two attached hydrogens (primary N) is 1. The maximum absolute atomic E-state index is 11.6. The van der Waals surface area contributed by atoms with Gasteiger partial charge in [0.05, 0.1) is 7.11 Å². The van der Waals surface area contributed by atoms with Gasteiger partial charge in [-0.05, 0) is 12.0 Å². The van der Waals surface area contributed by atoms with E-state index in [2.05, 4.69) is 6.58 Å². The van der Waals surface area contributed by atoms with E-state index in [-0.39, 0.29) is 0 Å². The number of benzene rings is 1. The molecule has 0 amide bonds. The second-order valence-electron chi connectivity index (χ2n) is 3.32. The molecule has 1 aromatic rings. The van der Waals surface area contributed by atoms with Crippen molar-refractivity contribution < 1.29 is 9.53 Å². The molecule has 0 fully saturated rings. The van der Waals surface area contributed by atoms with E-state index in [9.17, 15) is 4.79 Å². The van der Waals surface area contributed by atoms with Crippen LogP contribution >= 0.6 is 0 Å². The lowest BCUT2D eigenvalue weighted by Gasteiger charge is -2.25. The molecule has 1 rings (SSSR count). The molecule has 2 N–H and O–H groups in total. The highest BCUT2D eigenvalue weighted by Crippen LogP contribution is 2.23. The fourth-order valence-corrected chi connectivity index (χ4v) is 1.46. The Bertz CT molecular complexity index is 348. The average molecular weight is 205 g/mol. The molecule has 0 heterocycles. The van der Waals surface area contributed by atoms with Gasteiger partial charge in [-0.15, -0.1) is 6.58 Å². The van der Waals surface area contributed by atoms with Gasteiger partial charge in [-0.1, -0.05) is 36.4 Å². The third kappa shape index (κ3) is 2.25. The molecule has 3 heteroatoms. The van der Waals surface area contributed by atoms with E-state index in [1.54, 1.807) is 18.2 Å². The summed E-state index contributed by atoms with van der Waals surface area (Å²) in [5, 5.41) is 0. The third-order valence-corrected chi connectivity index (χ3v) is 2.30. The summed E-state index contributed by atoms with van der Waals surface area (Å²) in [5.41, 5.74) is 5.64. The quantitative estimate of drug-likeness (QED) is 0.600. The highest BCUT2D eigenvalue weighted by atomic mass is 16.5. The van der Waals surface area contributed by atoms with Crippen LogP contribution in [0.4, 0.5) is 0 Å². The maximum atomic E-state index is 11.6. The molecule has 0 unspecified atom stereocenters. The van der Waals surface area contributed by atoms with Gasteiger partial charge in [-0.3, -0.25) is 0 Å². The number of hydrogen-bond acceptors (Lipinski definition) is 3. The first kappa shape index (κ1) is 11.5. The van der Waals surface area contributed by atoms with Gasteiger partial charge in [-0.25, -0.2) is 4.79 Å². The topological polar surface area (TPSA) is 52.3 Å². The molecule has 0 aromatic heterocycles. The molecule has 0 radical (unpaired) electrons. The zero-order chi connectivity index (χ0) is 11.3. The van der Waals surface area contributed by atoms with Gasteiger partial charge < -0.3 is 10.5 Å². The Morgan fingerprint density at radius 1 is 1.53 bits per heavy atom. The van der Waals surface area contributed by atoms with Crippen LogP contribution in [0.5, 0.6) is 0 Å². The average Bonchev–Trinajstić information content (AvgIpc) is 2.29. The first-order valence-electron chi connectivity index (χ1n) is 4.69. The Morgan fingerprint density at radius 3 is 2.60 bits per heavy atom. The molecule has 3 nitrogen and oxygen atoms in total. The van der Waals surface area contributed by atoms with Crippen LogP contribution in [0.1, 0.15) is 12.0 Å². The van der Waals surface area contributed by atoms with Gasteiger partial charge in [0, 0.05) is 0 Å². The van der Waals surface area contributed by atoms with Crippen LogP contribution in [0.2, 0.25) is 0 Å². The van der Waals surface area contributed by atoms with Crippen LogP contribution in [0.25, 0.3) is 0 Å². The van der Waals surface area contributed by atoms with Crippen molar-refractivity contribution in [3.8, 4) is 0 Å². The Hall–Kier alpha value is -1.61. The van der Waals surface area contributed by atoms with Gasteiger partial charge >= 0.3 is 5.97 Å². The number of hydrogen-bond donors (Lipinski definition) is 1. The van der Waals surface area contributed by atoms with Gasteiger partial charge in [0.2, 0.25) is 0 Å². The predicted octanol–water partition coefficient (Wildman–Crippen LogP) is 1.59. The second kappa shape index (κ2) is 4.75. The Labute approximate surface area is 89.5 Å². The summed E-state index contributed by atoms with van der Waals surface area (Å²) in [7, 11) is 1.33. The maximum Gasteiger partial charge on any atom is 0.330 e. The van der Waals surface area contributed by atoms with Crippen molar-refractivity contribution in [3.63, 3.8) is 0 Å². The standard InChI is InChI=1S/C12H15NO2/c1-3-9-12(13,11(14)15-2)10-7-5-4-6-8-10/h3-8H,1,9,13H2,2H3/t12-/m1/s1. The number of rotatable bonds is 4. The molecular weight excluding hydrogens is 190 g/mol. The van der Waals surface area contributed by atoms with Crippen LogP contribution < -0.4 is 5.73 Å². The molecule has 80 valence electrons. The van der Waals surface area contributed by atoms with E-state index in [4.69, 9.17) is 10.5 Å². The molecule has 0 bridgehead atoms. The van der Waals surface area contributed by atoms with E-state index in [0.29, 0.717) is 6.42 Å². The minimum absolute atomic E-state index is 0.351. The zero-order valence-corrected chi connectivity index (χ0v) is 8.77. The summed E-state index contributed by atoms with van der Waals surface area (Å²) in [4.78, 5) is 11.6. The lowest BCUT2D eigenvalue weighted by molar-refractivity contribution is -0.147. The van der Waals surface area contributed by atoms with Crippen molar-refractivity contribution in [2.24, 2.45) is 5.73 Å². The number of esters is 1. The number of carbonyl (C=O) groups is 1. The molecular formula is C12H15NO2. The molecule has 1 atom stereocenters. The van der Waals surface area contributed by atoms with E-state index < -0.39 is 11.5 Å². The van der Waals surface area contributed by atoms with Crippen molar-refractivity contribution in [1.29, 1.82) is 0 Å². The van der Waals surface area contributed by atoms with Crippen molar-refractivity contribution in [1.82, 2.24) is 0 Å². The van der Waals surface area contributed by atoms with E-state index in [1.165, 1.54) is 7.11 Å². The Balaban J connectivity index is 3.12. The van der Waals surface area contributed by atoms with Crippen LogP contribution in [-0.4, -0.2) is 13.1 Å². The van der Waals surface area contributed by atoms with Crippen molar-refractivity contribution in [3.05, 3.63) is 48.6 Å². The first-order valence-corrected chi connectivity index (χ1v) is 4.69. The summed E-state index contributed by atoms with van der Waals surface area (Å²) >= 11 is 0. The minimum atomic E-state index is -1.13. The lowest BCUT2D eigenvalue weighted by Crippen LogP contribution is -2.45. The second-order valence-corrected chi connectivity index (χ2v) is 3.32. The lowest BCUT2D eigenvalue weighted by atomic mass is 9.88.